The van der Waals surface area contributed by atoms with Crippen molar-refractivity contribution < 1.29 is 28.7 Å². The zero-order valence-electron chi connectivity index (χ0n) is 22.6. The van der Waals surface area contributed by atoms with Crippen LogP contribution in [0.5, 0.6) is 0 Å². The van der Waals surface area contributed by atoms with E-state index in [0.717, 1.165) is 0 Å². The Labute approximate surface area is 214 Å². The van der Waals surface area contributed by atoms with E-state index in [4.69, 9.17) is 4.74 Å². The van der Waals surface area contributed by atoms with Crippen LogP contribution in [-0.4, -0.2) is 71.3 Å². The van der Waals surface area contributed by atoms with Gasteiger partial charge in [0.15, 0.2) is 0 Å². The van der Waals surface area contributed by atoms with Crippen molar-refractivity contribution in [3.8, 4) is 0 Å². The van der Waals surface area contributed by atoms with Crippen LogP contribution in [-0.2, 0) is 23.9 Å². The number of amides is 4. The van der Waals surface area contributed by atoms with Crippen molar-refractivity contribution in [2.75, 3.05) is 13.1 Å². The molecule has 0 bridgehead atoms. The number of Topliss-reactive ketones (excluding diaryl/α,β-unsaturated/α-hetero) is 1. The molecule has 202 valence electrons. The lowest BCUT2D eigenvalue weighted by Crippen LogP contribution is -2.59. The zero-order valence-corrected chi connectivity index (χ0v) is 22.6. The first-order valence-corrected chi connectivity index (χ1v) is 12.3. The molecule has 0 aromatic rings. The second-order valence-corrected chi connectivity index (χ2v) is 10.9. The zero-order chi connectivity index (χ0) is 27.7. The van der Waals surface area contributed by atoms with E-state index in [1.807, 2.05) is 20.8 Å². The molecular formula is C26H42N4O6. The van der Waals surface area contributed by atoms with Crippen molar-refractivity contribution in [3.05, 3.63) is 24.8 Å². The van der Waals surface area contributed by atoms with Crippen molar-refractivity contribution in [2.45, 2.75) is 91.5 Å². The van der Waals surface area contributed by atoms with Gasteiger partial charge in [0.2, 0.25) is 17.6 Å². The van der Waals surface area contributed by atoms with Gasteiger partial charge in [0.05, 0.1) is 0 Å². The molecule has 1 saturated heterocycles. The molecule has 1 rings (SSSR count). The largest absolute Gasteiger partial charge is 0.444 e. The van der Waals surface area contributed by atoms with Gasteiger partial charge in [0.25, 0.3) is 5.91 Å². The molecule has 3 N–H and O–H groups in total. The van der Waals surface area contributed by atoms with Crippen LogP contribution in [0.15, 0.2) is 24.8 Å². The summed E-state index contributed by atoms with van der Waals surface area (Å²) in [4.78, 5) is 65.5. The fourth-order valence-corrected chi connectivity index (χ4v) is 3.72. The number of carbonyl (C=O) groups excluding carboxylic acids is 5. The molecule has 4 amide bonds. The van der Waals surface area contributed by atoms with E-state index in [0.29, 0.717) is 19.4 Å². The molecule has 1 heterocycles. The first-order valence-electron chi connectivity index (χ1n) is 12.3. The maximum atomic E-state index is 13.6. The van der Waals surface area contributed by atoms with Gasteiger partial charge in [-0.15, -0.1) is 6.58 Å². The number of nitrogens with zero attached hydrogens (tertiary/aromatic N) is 1. The van der Waals surface area contributed by atoms with Crippen molar-refractivity contribution in [1.29, 1.82) is 0 Å². The summed E-state index contributed by atoms with van der Waals surface area (Å²) >= 11 is 0. The smallest absolute Gasteiger partial charge is 0.408 e. The second-order valence-electron chi connectivity index (χ2n) is 10.9. The summed E-state index contributed by atoms with van der Waals surface area (Å²) in [5.41, 5.74) is -1.40. The third-order valence-electron chi connectivity index (χ3n) is 5.48. The molecule has 0 saturated carbocycles. The van der Waals surface area contributed by atoms with Gasteiger partial charge in [0.1, 0.15) is 23.7 Å². The van der Waals surface area contributed by atoms with Gasteiger partial charge in [-0.1, -0.05) is 39.0 Å². The van der Waals surface area contributed by atoms with Gasteiger partial charge < -0.3 is 25.6 Å². The summed E-state index contributed by atoms with van der Waals surface area (Å²) in [7, 11) is 0. The number of hydrogen-bond acceptors (Lipinski definition) is 6. The minimum atomic E-state index is -1.07. The fourth-order valence-electron chi connectivity index (χ4n) is 3.72. The molecule has 0 aromatic heterocycles. The average molecular weight is 507 g/mol. The molecule has 0 radical (unpaired) electrons. The van der Waals surface area contributed by atoms with Crippen LogP contribution in [0.4, 0.5) is 4.79 Å². The van der Waals surface area contributed by atoms with Gasteiger partial charge in [-0.05, 0) is 52.4 Å². The maximum absolute atomic E-state index is 13.6. The van der Waals surface area contributed by atoms with Crippen LogP contribution in [0.1, 0.15) is 67.7 Å². The number of likely N-dealkylation sites (tertiary alicyclic amines) is 1. The highest BCUT2D eigenvalue weighted by atomic mass is 16.6. The molecule has 0 spiro atoms. The lowest BCUT2D eigenvalue weighted by molar-refractivity contribution is -0.143. The lowest BCUT2D eigenvalue weighted by Gasteiger charge is -2.36. The highest BCUT2D eigenvalue weighted by Gasteiger charge is 2.43. The summed E-state index contributed by atoms with van der Waals surface area (Å²) in [6.45, 7) is 16.3. The fraction of sp³-hybridized carbons (Fsp3) is 0.654. The number of nitrogens with one attached hydrogen (secondary N) is 3. The minimum Gasteiger partial charge on any atom is -0.444 e. The van der Waals surface area contributed by atoms with Crippen LogP contribution in [0.3, 0.4) is 0 Å². The Bertz CT molecular complexity index is 869. The number of ether oxygens (including phenoxy) is 1. The normalized spacial score (nSPS) is 17.8. The SMILES string of the molecule is C=CCNC(=O)C(=O)C(C/C=C/C)NC(=O)[C@@H]1CCCN1C(=O)[C@@H](NC(=O)OC(C)(C)C)C(C)(C)C. The molecule has 1 aliphatic heterocycles. The van der Waals surface area contributed by atoms with Crippen LogP contribution in [0.2, 0.25) is 0 Å². The summed E-state index contributed by atoms with van der Waals surface area (Å²) in [5.74, 6) is -2.53. The van der Waals surface area contributed by atoms with E-state index >= 15 is 0 Å². The first kappa shape index (κ1) is 30.9. The number of ketones is 1. The van der Waals surface area contributed by atoms with E-state index in [-0.39, 0.29) is 13.0 Å². The molecule has 0 aliphatic carbocycles. The number of alkyl carbamates (subject to hydrolysis) is 1. The van der Waals surface area contributed by atoms with E-state index < -0.39 is 58.7 Å². The summed E-state index contributed by atoms with van der Waals surface area (Å²) < 4.78 is 5.33. The summed E-state index contributed by atoms with van der Waals surface area (Å²) in [6, 6.07) is -2.85. The molecule has 10 heteroatoms. The average Bonchev–Trinajstić information content (AvgIpc) is 3.25. The van der Waals surface area contributed by atoms with Gasteiger partial charge >= 0.3 is 6.09 Å². The Hall–Kier alpha value is -3.17. The monoisotopic (exact) mass is 506 g/mol. The minimum absolute atomic E-state index is 0.124. The van der Waals surface area contributed by atoms with Crippen molar-refractivity contribution in [1.82, 2.24) is 20.9 Å². The van der Waals surface area contributed by atoms with Gasteiger partial charge in [-0.2, -0.15) is 0 Å². The number of rotatable bonds is 10. The molecule has 10 nitrogen and oxygen atoms in total. The first-order chi connectivity index (χ1) is 16.6. The van der Waals surface area contributed by atoms with E-state index in [9.17, 15) is 24.0 Å². The molecule has 3 atom stereocenters. The Morgan fingerprint density at radius 1 is 1.08 bits per heavy atom. The lowest BCUT2D eigenvalue weighted by atomic mass is 9.85. The van der Waals surface area contributed by atoms with E-state index in [1.54, 1.807) is 39.8 Å². The summed E-state index contributed by atoms with van der Waals surface area (Å²) in [6.07, 6.45) is 5.24. The second kappa shape index (κ2) is 13.2. The predicted octanol–water partition coefficient (Wildman–Crippen LogP) is 2.24. The van der Waals surface area contributed by atoms with Crippen LogP contribution in [0, 0.1) is 5.41 Å². The number of hydrogen-bond donors (Lipinski definition) is 3. The highest BCUT2D eigenvalue weighted by molar-refractivity contribution is 6.38. The van der Waals surface area contributed by atoms with Crippen molar-refractivity contribution in [3.63, 3.8) is 0 Å². The molecule has 1 unspecified atom stereocenters. The van der Waals surface area contributed by atoms with Crippen LogP contribution >= 0.6 is 0 Å². The Morgan fingerprint density at radius 2 is 1.72 bits per heavy atom. The quantitative estimate of drug-likeness (QED) is 0.307. The Kier molecular flexibility index (Phi) is 11.3. The molecule has 36 heavy (non-hydrogen) atoms. The van der Waals surface area contributed by atoms with Crippen molar-refractivity contribution >= 4 is 29.6 Å². The standard InChI is InChI=1S/C26H42N4O6/c1-9-11-13-17(19(31)22(33)27-15-10-2)28-21(32)18-14-12-16-30(18)23(34)20(25(3,4)5)29-24(35)36-26(6,7)8/h9-11,17-18,20H,2,12-16H2,1,3-8H3,(H,27,33)(H,28,32)(H,29,35)/b11-9+/t17?,18-,20+/m0/s1. The van der Waals surface area contributed by atoms with Gasteiger partial charge in [-0.3, -0.25) is 19.2 Å². The topological polar surface area (TPSA) is 134 Å². The third-order valence-corrected chi connectivity index (χ3v) is 5.48. The van der Waals surface area contributed by atoms with Gasteiger partial charge in [0, 0.05) is 13.1 Å². The maximum Gasteiger partial charge on any atom is 0.408 e. The molecule has 1 aliphatic rings. The highest BCUT2D eigenvalue weighted by Crippen LogP contribution is 2.26. The van der Waals surface area contributed by atoms with Gasteiger partial charge in [-0.25, -0.2) is 4.79 Å². The summed E-state index contributed by atoms with van der Waals surface area (Å²) in [5, 5.41) is 7.74. The van der Waals surface area contributed by atoms with Crippen LogP contribution in [0.25, 0.3) is 0 Å². The molecule has 0 aromatic carbocycles. The third kappa shape index (κ3) is 9.47. The Balaban J connectivity index is 3.07. The predicted molar refractivity (Wildman–Crippen MR) is 137 cm³/mol. The number of carbonyl (C=O) groups is 5. The number of allylic oxidation sites excluding steroid dienone is 1. The molecular weight excluding hydrogens is 464 g/mol. The van der Waals surface area contributed by atoms with Crippen molar-refractivity contribution in [2.24, 2.45) is 5.41 Å². The van der Waals surface area contributed by atoms with Crippen LogP contribution < -0.4 is 16.0 Å². The van der Waals surface area contributed by atoms with E-state index in [1.165, 1.54) is 11.0 Å². The van der Waals surface area contributed by atoms with E-state index in [2.05, 4.69) is 22.5 Å². The Morgan fingerprint density at radius 3 is 2.25 bits per heavy atom. The molecule has 1 fully saturated rings.